The zero-order chi connectivity index (χ0) is 13.1. The highest BCUT2D eigenvalue weighted by Crippen LogP contribution is 2.20. The Bertz CT molecular complexity index is 554. The van der Waals surface area contributed by atoms with Crippen LogP contribution >= 0.6 is 0 Å². The summed E-state index contributed by atoms with van der Waals surface area (Å²) >= 11 is 0. The first-order valence-corrected chi connectivity index (χ1v) is 5.91. The number of hydrogen-bond acceptors (Lipinski definition) is 4. The quantitative estimate of drug-likeness (QED) is 0.861. The van der Waals surface area contributed by atoms with Gasteiger partial charge in [0.05, 0.1) is 5.69 Å². The molecule has 0 amide bonds. The normalized spacial score (nSPS) is 12.4. The Labute approximate surface area is 107 Å². The number of hydrogen-bond donors (Lipinski definition) is 2. The van der Waals surface area contributed by atoms with Gasteiger partial charge < -0.3 is 10.8 Å². The summed E-state index contributed by atoms with van der Waals surface area (Å²) in [6.07, 6.45) is -0.812. The number of aryl methyl sites for hydroxylation is 2. The highest BCUT2D eigenvalue weighted by atomic mass is 16.3. The molecule has 2 aromatic rings. The zero-order valence-corrected chi connectivity index (χ0v) is 10.6. The van der Waals surface area contributed by atoms with Crippen molar-refractivity contribution in [3.8, 4) is 11.3 Å². The van der Waals surface area contributed by atoms with Crippen LogP contribution in [0.15, 0.2) is 30.3 Å². The highest BCUT2D eigenvalue weighted by Gasteiger charge is 2.11. The molecular formula is C14H17N3O. The Kier molecular flexibility index (Phi) is 3.69. The smallest absolute Gasteiger partial charge is 0.159 e. The molecule has 3 N–H and O–H groups in total. The van der Waals surface area contributed by atoms with Crippen LogP contribution in [0.1, 0.15) is 23.2 Å². The third-order valence-electron chi connectivity index (χ3n) is 2.71. The second-order valence-electron chi connectivity index (χ2n) is 4.37. The third-order valence-corrected chi connectivity index (χ3v) is 2.71. The Morgan fingerprint density at radius 2 is 2.00 bits per heavy atom. The number of aliphatic hydroxyl groups excluding tert-OH is 1. The van der Waals surface area contributed by atoms with Crippen LogP contribution in [0.4, 0.5) is 0 Å². The fourth-order valence-corrected chi connectivity index (χ4v) is 1.80. The molecule has 2 rings (SSSR count). The first-order chi connectivity index (χ1) is 8.60. The number of rotatable bonds is 3. The van der Waals surface area contributed by atoms with Gasteiger partial charge in [-0.15, -0.1) is 0 Å². The fraction of sp³-hybridized carbons (Fsp3) is 0.286. The van der Waals surface area contributed by atoms with Gasteiger partial charge in [-0.25, -0.2) is 9.97 Å². The lowest BCUT2D eigenvalue weighted by Crippen LogP contribution is -2.15. The lowest BCUT2D eigenvalue weighted by Gasteiger charge is -2.10. The van der Waals surface area contributed by atoms with Crippen LogP contribution in [0.3, 0.4) is 0 Å². The van der Waals surface area contributed by atoms with Crippen LogP contribution in [0.2, 0.25) is 0 Å². The molecule has 0 aliphatic rings. The zero-order valence-electron chi connectivity index (χ0n) is 10.6. The number of nitrogens with zero attached hydrogens (tertiary/aromatic N) is 2. The molecule has 1 atom stereocenters. The molecule has 94 valence electrons. The van der Waals surface area contributed by atoms with Crippen molar-refractivity contribution in [1.29, 1.82) is 0 Å². The molecule has 0 saturated carbocycles. The van der Waals surface area contributed by atoms with Crippen LogP contribution in [0.25, 0.3) is 11.3 Å². The van der Waals surface area contributed by atoms with Crippen molar-refractivity contribution >= 4 is 0 Å². The molecule has 4 heteroatoms. The van der Waals surface area contributed by atoms with E-state index in [2.05, 4.69) is 16.0 Å². The second-order valence-corrected chi connectivity index (χ2v) is 4.37. The van der Waals surface area contributed by atoms with Crippen molar-refractivity contribution in [1.82, 2.24) is 9.97 Å². The van der Waals surface area contributed by atoms with Gasteiger partial charge in [0.15, 0.2) is 5.82 Å². The van der Waals surface area contributed by atoms with E-state index in [9.17, 15) is 5.11 Å². The molecule has 1 heterocycles. The highest BCUT2D eigenvalue weighted by molar-refractivity contribution is 5.60. The molecule has 1 aromatic heterocycles. The Balaban J connectivity index is 2.48. The first kappa shape index (κ1) is 12.7. The van der Waals surface area contributed by atoms with Gasteiger partial charge in [-0.1, -0.05) is 23.8 Å². The summed E-state index contributed by atoms with van der Waals surface area (Å²) in [6, 6.07) is 9.98. The van der Waals surface area contributed by atoms with E-state index < -0.39 is 6.10 Å². The van der Waals surface area contributed by atoms with Crippen molar-refractivity contribution in [2.24, 2.45) is 5.73 Å². The molecule has 1 unspecified atom stereocenters. The fourth-order valence-electron chi connectivity index (χ4n) is 1.80. The Hall–Kier alpha value is -1.78. The minimum atomic E-state index is -0.812. The Morgan fingerprint density at radius 3 is 2.67 bits per heavy atom. The summed E-state index contributed by atoms with van der Waals surface area (Å²) < 4.78 is 0. The van der Waals surface area contributed by atoms with Gasteiger partial charge >= 0.3 is 0 Å². The molecule has 0 spiro atoms. The van der Waals surface area contributed by atoms with Crippen LogP contribution in [-0.2, 0) is 0 Å². The summed E-state index contributed by atoms with van der Waals surface area (Å²) in [4.78, 5) is 8.59. The van der Waals surface area contributed by atoms with Crippen LogP contribution in [-0.4, -0.2) is 21.6 Å². The molecular weight excluding hydrogens is 226 g/mol. The molecule has 1 aromatic carbocycles. The molecule has 0 aliphatic heterocycles. The summed E-state index contributed by atoms with van der Waals surface area (Å²) in [5.41, 5.74) is 9.26. The summed E-state index contributed by atoms with van der Waals surface area (Å²) in [5.74, 6) is 0.383. The minimum Gasteiger partial charge on any atom is -0.384 e. The summed E-state index contributed by atoms with van der Waals surface area (Å²) in [7, 11) is 0. The minimum absolute atomic E-state index is 0.122. The molecule has 4 nitrogen and oxygen atoms in total. The van der Waals surface area contributed by atoms with Gasteiger partial charge in [0, 0.05) is 17.8 Å². The second kappa shape index (κ2) is 5.25. The van der Waals surface area contributed by atoms with E-state index in [1.807, 2.05) is 38.1 Å². The van der Waals surface area contributed by atoms with E-state index in [1.54, 1.807) is 0 Å². The molecule has 0 aliphatic carbocycles. The van der Waals surface area contributed by atoms with Crippen LogP contribution in [0, 0.1) is 13.8 Å². The summed E-state index contributed by atoms with van der Waals surface area (Å²) in [6.45, 7) is 4.04. The average molecular weight is 243 g/mol. The predicted octanol–water partition coefficient (Wildman–Crippen LogP) is 1.75. The standard InChI is InChI=1S/C14H17N3O/c1-9-4-3-5-11(6-9)12-7-10(2)16-14(17-12)13(18)8-15/h3-7,13,18H,8,15H2,1-2H3. The number of aromatic nitrogens is 2. The van der Waals surface area contributed by atoms with E-state index in [0.29, 0.717) is 5.82 Å². The molecule has 0 bridgehead atoms. The van der Waals surface area contributed by atoms with Gasteiger partial charge in [-0.3, -0.25) is 0 Å². The van der Waals surface area contributed by atoms with Gasteiger partial charge in [-0.2, -0.15) is 0 Å². The lowest BCUT2D eigenvalue weighted by atomic mass is 10.1. The maximum absolute atomic E-state index is 9.73. The predicted molar refractivity (Wildman–Crippen MR) is 71.0 cm³/mol. The summed E-state index contributed by atoms with van der Waals surface area (Å²) in [5, 5.41) is 9.73. The topological polar surface area (TPSA) is 72.0 Å². The van der Waals surface area contributed by atoms with Crippen LogP contribution in [0.5, 0.6) is 0 Å². The van der Waals surface area contributed by atoms with Gasteiger partial charge in [-0.05, 0) is 26.0 Å². The Morgan fingerprint density at radius 1 is 1.22 bits per heavy atom. The van der Waals surface area contributed by atoms with E-state index >= 15 is 0 Å². The van der Waals surface area contributed by atoms with E-state index in [-0.39, 0.29) is 6.54 Å². The number of benzene rings is 1. The molecule has 0 saturated heterocycles. The molecule has 0 radical (unpaired) electrons. The van der Waals surface area contributed by atoms with Crippen molar-refractivity contribution in [2.45, 2.75) is 20.0 Å². The number of aliphatic hydroxyl groups is 1. The van der Waals surface area contributed by atoms with Crippen molar-refractivity contribution < 1.29 is 5.11 Å². The molecule has 18 heavy (non-hydrogen) atoms. The number of nitrogens with two attached hydrogens (primary N) is 1. The van der Waals surface area contributed by atoms with E-state index in [4.69, 9.17) is 5.73 Å². The monoisotopic (exact) mass is 243 g/mol. The van der Waals surface area contributed by atoms with Gasteiger partial charge in [0.2, 0.25) is 0 Å². The lowest BCUT2D eigenvalue weighted by molar-refractivity contribution is 0.176. The third kappa shape index (κ3) is 2.72. The molecule has 0 fully saturated rings. The average Bonchev–Trinajstić information content (AvgIpc) is 2.37. The van der Waals surface area contributed by atoms with E-state index in [0.717, 1.165) is 17.0 Å². The van der Waals surface area contributed by atoms with Crippen molar-refractivity contribution in [2.75, 3.05) is 6.54 Å². The maximum atomic E-state index is 9.73. The first-order valence-electron chi connectivity index (χ1n) is 5.91. The van der Waals surface area contributed by atoms with Crippen LogP contribution < -0.4 is 5.73 Å². The van der Waals surface area contributed by atoms with Gasteiger partial charge in [0.1, 0.15) is 6.10 Å². The van der Waals surface area contributed by atoms with Crippen molar-refractivity contribution in [3.63, 3.8) is 0 Å². The van der Waals surface area contributed by atoms with E-state index in [1.165, 1.54) is 5.56 Å². The van der Waals surface area contributed by atoms with Crippen molar-refractivity contribution in [3.05, 3.63) is 47.4 Å². The SMILES string of the molecule is Cc1cccc(-c2cc(C)nc(C(O)CN)n2)c1. The largest absolute Gasteiger partial charge is 0.384 e. The maximum Gasteiger partial charge on any atom is 0.159 e. The van der Waals surface area contributed by atoms with Gasteiger partial charge in [0.25, 0.3) is 0 Å².